The van der Waals surface area contributed by atoms with Gasteiger partial charge < -0.3 is 16.2 Å². The molecule has 1 aromatic carbocycles. The maximum absolute atomic E-state index is 11.2. The lowest BCUT2D eigenvalue weighted by Gasteiger charge is -2.15. The molecule has 4 N–H and O–H groups in total. The zero-order valence-corrected chi connectivity index (χ0v) is 9.12. The van der Waals surface area contributed by atoms with Crippen LogP contribution in [0.1, 0.15) is 11.5 Å². The van der Waals surface area contributed by atoms with Crippen molar-refractivity contribution in [3.05, 3.63) is 28.8 Å². The maximum Gasteiger partial charge on any atom is 0.226 e. The molecule has 4 nitrogen and oxygen atoms in total. The van der Waals surface area contributed by atoms with E-state index in [1.54, 1.807) is 18.2 Å². The van der Waals surface area contributed by atoms with Gasteiger partial charge in [-0.3, -0.25) is 4.79 Å². The molecule has 0 aliphatic rings. The Kier molecular flexibility index (Phi) is 3.94. The molecule has 82 valence electrons. The molecule has 1 rings (SSSR count). The molecule has 0 radical (unpaired) electrons. The second-order valence-electron chi connectivity index (χ2n) is 3.08. The van der Waals surface area contributed by atoms with Gasteiger partial charge in [0.25, 0.3) is 0 Å². The number of amides is 1. The lowest BCUT2D eigenvalue weighted by molar-refractivity contribution is -0.119. The summed E-state index contributed by atoms with van der Waals surface area (Å²) in [5.41, 5.74) is 11.3. The summed E-state index contributed by atoms with van der Waals surface area (Å²) in [4.78, 5) is 11.2. The number of carbonyl (C=O) groups is 1. The van der Waals surface area contributed by atoms with Crippen LogP contribution >= 0.6 is 11.6 Å². The van der Waals surface area contributed by atoms with E-state index in [4.69, 9.17) is 27.8 Å². The van der Waals surface area contributed by atoms with Gasteiger partial charge in [0.1, 0.15) is 5.75 Å². The molecule has 0 heterocycles. The summed E-state index contributed by atoms with van der Waals surface area (Å²) in [7, 11) is 1.52. The molecule has 0 aliphatic carbocycles. The number of benzene rings is 1. The first-order valence-electron chi connectivity index (χ1n) is 4.43. The van der Waals surface area contributed by atoms with E-state index in [9.17, 15) is 4.79 Å². The molecule has 1 aromatic rings. The van der Waals surface area contributed by atoms with E-state index in [0.29, 0.717) is 16.3 Å². The second-order valence-corrected chi connectivity index (χ2v) is 3.51. The Hall–Kier alpha value is -1.26. The molecule has 1 amide bonds. The number of nitrogens with two attached hydrogens (primary N) is 2. The Morgan fingerprint density at radius 1 is 1.60 bits per heavy atom. The fourth-order valence-electron chi connectivity index (χ4n) is 1.37. The molecule has 5 heteroatoms. The summed E-state index contributed by atoms with van der Waals surface area (Å²) >= 11 is 5.83. The Morgan fingerprint density at radius 3 is 2.73 bits per heavy atom. The summed E-state index contributed by atoms with van der Waals surface area (Å²) in [5, 5.41) is 0.519. The van der Waals surface area contributed by atoms with Crippen LogP contribution in [0, 0.1) is 0 Å². The first-order valence-corrected chi connectivity index (χ1v) is 4.80. The second kappa shape index (κ2) is 5.00. The van der Waals surface area contributed by atoms with Crippen LogP contribution in [0.2, 0.25) is 5.02 Å². The monoisotopic (exact) mass is 228 g/mol. The van der Waals surface area contributed by atoms with Gasteiger partial charge in [-0.15, -0.1) is 0 Å². The van der Waals surface area contributed by atoms with Crippen LogP contribution in [0.4, 0.5) is 0 Å². The number of primary amides is 1. The highest BCUT2D eigenvalue weighted by molar-refractivity contribution is 6.30. The Morgan fingerprint density at radius 2 is 2.27 bits per heavy atom. The first kappa shape index (κ1) is 11.8. The summed E-state index contributed by atoms with van der Waals surface area (Å²) in [6.07, 6.45) is 0. The summed E-state index contributed by atoms with van der Waals surface area (Å²) < 4.78 is 5.11. The molecule has 0 saturated carbocycles. The Bertz CT molecular complexity index is 368. The molecule has 0 aromatic heterocycles. The molecule has 0 bridgehead atoms. The van der Waals surface area contributed by atoms with Gasteiger partial charge in [0.15, 0.2) is 0 Å². The lowest BCUT2D eigenvalue weighted by atomic mass is 9.97. The van der Waals surface area contributed by atoms with Crippen molar-refractivity contribution in [1.29, 1.82) is 0 Å². The van der Waals surface area contributed by atoms with Crippen molar-refractivity contribution in [2.75, 3.05) is 13.7 Å². The van der Waals surface area contributed by atoms with Crippen molar-refractivity contribution in [3.8, 4) is 5.75 Å². The van der Waals surface area contributed by atoms with E-state index in [1.165, 1.54) is 7.11 Å². The number of rotatable bonds is 4. The van der Waals surface area contributed by atoms with E-state index in [-0.39, 0.29) is 6.54 Å². The van der Waals surface area contributed by atoms with E-state index >= 15 is 0 Å². The van der Waals surface area contributed by atoms with Crippen LogP contribution < -0.4 is 16.2 Å². The summed E-state index contributed by atoms with van der Waals surface area (Å²) in [6, 6.07) is 5.00. The fourth-order valence-corrected chi connectivity index (χ4v) is 1.55. The van der Waals surface area contributed by atoms with E-state index in [2.05, 4.69) is 0 Å². The third-order valence-corrected chi connectivity index (χ3v) is 2.38. The predicted molar refractivity (Wildman–Crippen MR) is 59.0 cm³/mol. The van der Waals surface area contributed by atoms with Crippen molar-refractivity contribution in [3.63, 3.8) is 0 Å². The minimum atomic E-state index is -0.571. The molecule has 1 unspecified atom stereocenters. The van der Waals surface area contributed by atoms with Gasteiger partial charge in [-0.1, -0.05) is 11.6 Å². The number of hydrogen-bond acceptors (Lipinski definition) is 3. The van der Waals surface area contributed by atoms with Crippen molar-refractivity contribution in [1.82, 2.24) is 0 Å². The third kappa shape index (κ3) is 2.61. The highest BCUT2D eigenvalue weighted by atomic mass is 35.5. The summed E-state index contributed by atoms with van der Waals surface area (Å²) in [6.45, 7) is 0.131. The summed E-state index contributed by atoms with van der Waals surface area (Å²) in [5.74, 6) is -0.495. The average molecular weight is 229 g/mol. The normalized spacial score (nSPS) is 12.2. The zero-order chi connectivity index (χ0) is 11.4. The predicted octanol–water partition coefficient (Wildman–Crippen LogP) is 0.876. The minimum absolute atomic E-state index is 0.131. The topological polar surface area (TPSA) is 78.3 Å². The maximum atomic E-state index is 11.2. The Balaban J connectivity index is 3.19. The molecule has 0 aliphatic heterocycles. The van der Waals surface area contributed by atoms with E-state index < -0.39 is 11.8 Å². The molecular formula is C10H13ClN2O2. The van der Waals surface area contributed by atoms with Gasteiger partial charge in [0, 0.05) is 17.1 Å². The zero-order valence-electron chi connectivity index (χ0n) is 8.37. The molecule has 1 atom stereocenters. The number of carbonyl (C=O) groups excluding carboxylic acids is 1. The van der Waals surface area contributed by atoms with Gasteiger partial charge in [0.05, 0.1) is 13.0 Å². The van der Waals surface area contributed by atoms with E-state index in [1.807, 2.05) is 0 Å². The van der Waals surface area contributed by atoms with Crippen molar-refractivity contribution < 1.29 is 9.53 Å². The smallest absolute Gasteiger partial charge is 0.226 e. The molecule has 0 saturated heterocycles. The van der Waals surface area contributed by atoms with Crippen LogP contribution in [0.25, 0.3) is 0 Å². The van der Waals surface area contributed by atoms with Crippen molar-refractivity contribution >= 4 is 17.5 Å². The van der Waals surface area contributed by atoms with Crippen LogP contribution in [0.15, 0.2) is 18.2 Å². The molecular weight excluding hydrogens is 216 g/mol. The lowest BCUT2D eigenvalue weighted by Crippen LogP contribution is -2.28. The fraction of sp³-hybridized carbons (Fsp3) is 0.300. The number of methoxy groups -OCH3 is 1. The van der Waals surface area contributed by atoms with Crippen molar-refractivity contribution in [2.24, 2.45) is 11.5 Å². The number of ether oxygens (including phenoxy) is 1. The van der Waals surface area contributed by atoms with E-state index in [0.717, 1.165) is 0 Å². The average Bonchev–Trinajstić information content (AvgIpc) is 2.18. The number of halogens is 1. The molecule has 0 spiro atoms. The van der Waals surface area contributed by atoms with Crippen LogP contribution in [-0.2, 0) is 4.79 Å². The third-order valence-electron chi connectivity index (χ3n) is 2.15. The van der Waals surface area contributed by atoms with Gasteiger partial charge >= 0.3 is 0 Å². The largest absolute Gasteiger partial charge is 0.496 e. The van der Waals surface area contributed by atoms with Crippen LogP contribution in [0.3, 0.4) is 0 Å². The highest BCUT2D eigenvalue weighted by Gasteiger charge is 2.20. The molecule has 15 heavy (non-hydrogen) atoms. The van der Waals surface area contributed by atoms with Gasteiger partial charge in [-0.05, 0) is 18.2 Å². The van der Waals surface area contributed by atoms with Gasteiger partial charge in [0.2, 0.25) is 5.91 Å². The molecule has 0 fully saturated rings. The van der Waals surface area contributed by atoms with Gasteiger partial charge in [-0.2, -0.15) is 0 Å². The SMILES string of the molecule is COc1ccc(Cl)cc1C(CN)C(N)=O. The Labute approximate surface area is 93.1 Å². The first-order chi connectivity index (χ1) is 7.10. The van der Waals surface area contributed by atoms with Crippen LogP contribution in [0.5, 0.6) is 5.75 Å². The quantitative estimate of drug-likeness (QED) is 0.803. The minimum Gasteiger partial charge on any atom is -0.496 e. The van der Waals surface area contributed by atoms with Gasteiger partial charge in [-0.25, -0.2) is 0 Å². The standard InChI is InChI=1S/C10H13ClN2O2/c1-15-9-3-2-6(11)4-7(9)8(5-12)10(13)14/h2-4,8H,5,12H2,1H3,(H2,13,14). The van der Waals surface area contributed by atoms with Crippen molar-refractivity contribution in [2.45, 2.75) is 5.92 Å². The number of hydrogen-bond donors (Lipinski definition) is 2. The van der Waals surface area contributed by atoms with Crippen LogP contribution in [-0.4, -0.2) is 19.6 Å². The highest BCUT2D eigenvalue weighted by Crippen LogP contribution is 2.28.